The lowest BCUT2D eigenvalue weighted by atomic mass is 9.51. The predicted molar refractivity (Wildman–Crippen MR) is 169 cm³/mol. The Kier molecular flexibility index (Phi) is 7.64. The van der Waals surface area contributed by atoms with Crippen LogP contribution >= 0.6 is 23.2 Å². The maximum Gasteiger partial charge on any atom is 0.573 e. The number of carbonyl (C=O) groups excluding carboxylic acids is 4. The zero-order valence-electron chi connectivity index (χ0n) is 25.7. The molecule has 2 aliphatic carbocycles. The summed E-state index contributed by atoms with van der Waals surface area (Å²) in [6.07, 6.45) is -3.42. The molecule has 3 aromatic carbocycles. The summed E-state index contributed by atoms with van der Waals surface area (Å²) in [5.41, 5.74) is -0.462. The molecule has 8 nitrogen and oxygen atoms in total. The second-order valence-corrected chi connectivity index (χ2v) is 13.8. The molecular weight excluding hydrogens is 691 g/mol. The first-order chi connectivity index (χ1) is 23.0. The van der Waals surface area contributed by atoms with Crippen molar-refractivity contribution in [1.29, 1.82) is 0 Å². The van der Waals surface area contributed by atoms with Crippen molar-refractivity contribution >= 4 is 58.2 Å². The van der Waals surface area contributed by atoms with Crippen LogP contribution in [0.2, 0.25) is 10.0 Å². The van der Waals surface area contributed by atoms with Crippen molar-refractivity contribution in [2.24, 2.45) is 29.1 Å². The molecule has 254 valence electrons. The molecule has 1 N–H and O–H groups in total. The minimum atomic E-state index is -5.08. The monoisotopic (exact) mass is 716 g/mol. The third-order valence-electron chi connectivity index (χ3n) is 10.4. The van der Waals surface area contributed by atoms with Gasteiger partial charge in [0.2, 0.25) is 23.6 Å². The van der Waals surface area contributed by atoms with Gasteiger partial charge >= 0.3 is 6.36 Å². The van der Waals surface area contributed by atoms with E-state index in [1.165, 1.54) is 19.1 Å². The Bertz CT molecular complexity index is 2020. The minimum Gasteiger partial charge on any atom is -0.508 e. The molecule has 0 radical (unpaired) electrons. The van der Waals surface area contributed by atoms with Crippen LogP contribution in [0.15, 0.2) is 66.2 Å². The highest BCUT2D eigenvalue weighted by Crippen LogP contribution is 2.64. The molecule has 3 fully saturated rings. The van der Waals surface area contributed by atoms with Crippen molar-refractivity contribution in [3.8, 4) is 11.5 Å². The summed E-state index contributed by atoms with van der Waals surface area (Å²) >= 11 is 12.3. The van der Waals surface area contributed by atoms with Gasteiger partial charge in [0, 0.05) is 16.5 Å². The predicted octanol–water partition coefficient (Wildman–Crippen LogP) is 7.48. The van der Waals surface area contributed by atoms with E-state index in [2.05, 4.69) is 4.74 Å². The molecule has 2 saturated heterocycles. The Morgan fingerprint density at radius 1 is 0.878 bits per heavy atom. The number of hydrogen-bond donors (Lipinski definition) is 1. The topological polar surface area (TPSA) is 104 Å². The van der Waals surface area contributed by atoms with E-state index in [9.17, 15) is 41.8 Å². The van der Waals surface area contributed by atoms with E-state index in [4.69, 9.17) is 23.2 Å². The van der Waals surface area contributed by atoms with Gasteiger partial charge in [-0.3, -0.25) is 19.2 Å². The molecule has 4 amide bonds. The highest BCUT2D eigenvalue weighted by Gasteiger charge is 2.68. The number of imide groups is 2. The number of phenolic OH excluding ortho intramolecular Hbond substituents is 1. The van der Waals surface area contributed by atoms with Gasteiger partial charge in [-0.25, -0.2) is 14.2 Å². The lowest BCUT2D eigenvalue weighted by molar-refractivity contribution is -0.274. The van der Waals surface area contributed by atoms with Crippen molar-refractivity contribution < 1.29 is 46.6 Å². The number of ether oxygens (including phenoxy) is 1. The number of benzene rings is 3. The Morgan fingerprint density at radius 2 is 1.55 bits per heavy atom. The maximum absolute atomic E-state index is 14.5. The fourth-order valence-electron chi connectivity index (χ4n) is 8.17. The lowest BCUT2D eigenvalue weighted by Crippen LogP contribution is -2.49. The van der Waals surface area contributed by atoms with E-state index in [1.807, 2.05) is 0 Å². The molecule has 0 spiro atoms. The van der Waals surface area contributed by atoms with Gasteiger partial charge in [0.05, 0.1) is 39.6 Å². The lowest BCUT2D eigenvalue weighted by Gasteiger charge is -2.49. The molecule has 2 heterocycles. The number of allylic oxidation sites excluding steroid dienone is 2. The van der Waals surface area contributed by atoms with Gasteiger partial charge in [0.1, 0.15) is 17.3 Å². The van der Waals surface area contributed by atoms with Crippen LogP contribution in [-0.2, 0) is 19.2 Å². The molecule has 7 rings (SSSR count). The van der Waals surface area contributed by atoms with Crippen molar-refractivity contribution in [1.82, 2.24) is 0 Å². The van der Waals surface area contributed by atoms with E-state index in [-0.39, 0.29) is 34.8 Å². The van der Waals surface area contributed by atoms with Gasteiger partial charge in [0.15, 0.2) is 0 Å². The second kappa shape index (κ2) is 11.3. The van der Waals surface area contributed by atoms with Gasteiger partial charge in [-0.1, -0.05) is 40.9 Å². The van der Waals surface area contributed by atoms with Crippen molar-refractivity contribution in [2.45, 2.75) is 39.0 Å². The third kappa shape index (κ3) is 5.01. The molecule has 6 atom stereocenters. The van der Waals surface area contributed by atoms with Crippen LogP contribution in [0.5, 0.6) is 11.5 Å². The Balaban J connectivity index is 1.39. The molecular formula is C35H26Cl2F4N2O6. The number of carbonyl (C=O) groups is 4. The molecule has 14 heteroatoms. The van der Waals surface area contributed by atoms with Crippen molar-refractivity contribution in [3.05, 3.63) is 93.2 Å². The van der Waals surface area contributed by atoms with Gasteiger partial charge in [-0.2, -0.15) is 0 Å². The van der Waals surface area contributed by atoms with Crippen LogP contribution in [0.1, 0.15) is 36.8 Å². The molecule has 49 heavy (non-hydrogen) atoms. The first-order valence-corrected chi connectivity index (χ1v) is 16.0. The van der Waals surface area contributed by atoms with E-state index in [0.717, 1.165) is 45.7 Å². The van der Waals surface area contributed by atoms with Crippen LogP contribution in [0.3, 0.4) is 0 Å². The van der Waals surface area contributed by atoms with Gasteiger partial charge < -0.3 is 9.84 Å². The standard InChI is InChI=1S/C35H26Cl2F4N2O6/c1-15-3-4-16(11-24(15)36)42-30(45)20-8-7-19-21(28(20)32(42)47)14-23-31(46)43(17-5-9-26(38)25(37)12-17)33(48)34(23,2)29(19)22-13-18(6-10-27(22)44)49-35(39,40)41/h3-7,9-13,20-21,23,28-29,44H,8,14H2,1-2H3. The summed E-state index contributed by atoms with van der Waals surface area (Å²) in [6, 6.07) is 11.0. The van der Waals surface area contributed by atoms with Gasteiger partial charge in [0.25, 0.3) is 0 Å². The first kappa shape index (κ1) is 33.1. The number of amides is 4. The van der Waals surface area contributed by atoms with E-state index in [1.54, 1.807) is 25.1 Å². The molecule has 4 aliphatic rings. The smallest absolute Gasteiger partial charge is 0.508 e. The second-order valence-electron chi connectivity index (χ2n) is 13.0. The fraction of sp³-hybridized carbons (Fsp3) is 0.314. The van der Waals surface area contributed by atoms with Gasteiger partial charge in [-0.15, -0.1) is 13.2 Å². The zero-order chi connectivity index (χ0) is 35.3. The average Bonchev–Trinajstić information content (AvgIpc) is 3.40. The number of anilines is 2. The summed E-state index contributed by atoms with van der Waals surface area (Å²) in [5.74, 6) is -9.50. The molecule has 2 aliphatic heterocycles. The van der Waals surface area contributed by atoms with E-state index in [0.29, 0.717) is 10.6 Å². The summed E-state index contributed by atoms with van der Waals surface area (Å²) in [5, 5.41) is 11.1. The van der Waals surface area contributed by atoms with Crippen molar-refractivity contribution in [2.75, 3.05) is 9.80 Å². The van der Waals surface area contributed by atoms with E-state index < -0.39 is 82.3 Å². The summed E-state index contributed by atoms with van der Waals surface area (Å²) < 4.78 is 58.2. The SMILES string of the molecule is Cc1ccc(N2C(=O)C3CC=C4C(CC5C(=O)N(c6ccc(F)c(Cl)c6)C(=O)C5(C)C4c4cc(OC(F)(F)F)ccc4O)C3C2=O)cc1Cl. The number of aryl methyl sites for hydroxylation is 1. The number of fused-ring (bicyclic) bond motifs is 4. The number of nitrogens with zero attached hydrogens (tertiary/aromatic N) is 2. The molecule has 6 unspecified atom stereocenters. The highest BCUT2D eigenvalue weighted by atomic mass is 35.5. The number of alkyl halides is 3. The quantitative estimate of drug-likeness (QED) is 0.171. The summed E-state index contributed by atoms with van der Waals surface area (Å²) in [6.45, 7) is 3.25. The third-order valence-corrected chi connectivity index (χ3v) is 11.1. The van der Waals surface area contributed by atoms with Crippen LogP contribution < -0.4 is 14.5 Å². The van der Waals surface area contributed by atoms with Crippen LogP contribution in [0.4, 0.5) is 28.9 Å². The number of rotatable bonds is 4. The fourth-order valence-corrected chi connectivity index (χ4v) is 8.52. The average molecular weight is 717 g/mol. The molecule has 0 bridgehead atoms. The Labute approximate surface area is 286 Å². The number of hydrogen-bond acceptors (Lipinski definition) is 6. The van der Waals surface area contributed by atoms with Crippen LogP contribution in [0, 0.1) is 41.8 Å². The van der Waals surface area contributed by atoms with E-state index >= 15 is 0 Å². The largest absolute Gasteiger partial charge is 0.573 e. The van der Waals surface area contributed by atoms with Crippen LogP contribution in [-0.4, -0.2) is 35.1 Å². The molecule has 3 aromatic rings. The van der Waals surface area contributed by atoms with Gasteiger partial charge in [-0.05, 0) is 86.7 Å². The highest BCUT2D eigenvalue weighted by molar-refractivity contribution is 6.32. The number of phenols is 1. The molecule has 1 saturated carbocycles. The summed E-state index contributed by atoms with van der Waals surface area (Å²) in [4.78, 5) is 58.7. The van der Waals surface area contributed by atoms with Crippen molar-refractivity contribution in [3.63, 3.8) is 0 Å². The summed E-state index contributed by atoms with van der Waals surface area (Å²) in [7, 11) is 0. The minimum absolute atomic E-state index is 0.0291. The maximum atomic E-state index is 14.5. The molecule has 0 aromatic heterocycles. The van der Waals surface area contributed by atoms with Crippen LogP contribution in [0.25, 0.3) is 0 Å². The Hall–Kier alpha value is -4.42. The number of halogens is 6. The normalized spacial score (nSPS) is 28.0. The zero-order valence-corrected chi connectivity index (χ0v) is 27.2. The first-order valence-electron chi connectivity index (χ1n) is 15.3. The number of aromatic hydroxyl groups is 1. The Morgan fingerprint density at radius 3 is 2.22 bits per heavy atom.